The summed E-state index contributed by atoms with van der Waals surface area (Å²) in [6.07, 6.45) is 3.79. The number of hydrogen-bond donors (Lipinski definition) is 0. The normalized spacial score (nSPS) is 18.6. The lowest BCUT2D eigenvalue weighted by Crippen LogP contribution is -2.38. The first-order valence-electron chi connectivity index (χ1n) is 6.47. The predicted octanol–water partition coefficient (Wildman–Crippen LogP) is 3.26. The van der Waals surface area contributed by atoms with Crippen LogP contribution >= 0.6 is 15.9 Å². The number of carbonyl (C=O) groups is 1. The number of likely N-dealkylation sites (tertiary alicyclic amines) is 1. The summed E-state index contributed by atoms with van der Waals surface area (Å²) in [5, 5.41) is 0. The molecule has 19 heavy (non-hydrogen) atoms. The third kappa shape index (κ3) is 3.67. The van der Waals surface area contributed by atoms with Crippen molar-refractivity contribution in [2.45, 2.75) is 18.9 Å². The minimum atomic E-state index is 0.0946. The first-order valence-corrected chi connectivity index (χ1v) is 7.27. The number of carbonyl (C=O) groups excluding carboxylic acids is 1. The second kappa shape index (κ2) is 6.87. The number of ether oxygens (including phenoxy) is 1. The quantitative estimate of drug-likeness (QED) is 0.615. The molecule has 0 aromatic heterocycles. The Hall–Kier alpha value is -1.13. The summed E-state index contributed by atoms with van der Waals surface area (Å²) >= 11 is 3.38. The van der Waals surface area contributed by atoms with Gasteiger partial charge in [0.1, 0.15) is 0 Å². The van der Waals surface area contributed by atoms with Gasteiger partial charge in [-0.25, -0.2) is 0 Å². The molecule has 1 fully saturated rings. The van der Waals surface area contributed by atoms with Crippen LogP contribution in [0.2, 0.25) is 0 Å². The molecule has 1 atom stereocenters. The van der Waals surface area contributed by atoms with Crippen molar-refractivity contribution in [1.82, 2.24) is 4.90 Å². The Labute approximate surface area is 122 Å². The molecule has 102 valence electrons. The van der Waals surface area contributed by atoms with Gasteiger partial charge in [-0.2, -0.15) is 0 Å². The van der Waals surface area contributed by atoms with Gasteiger partial charge in [0.25, 0.3) is 5.91 Å². The summed E-state index contributed by atoms with van der Waals surface area (Å²) < 4.78 is 6.47. The molecule has 1 heterocycles. The van der Waals surface area contributed by atoms with Crippen molar-refractivity contribution in [1.29, 1.82) is 0 Å². The standard InChI is InChI=1S/C15H18BrNO2/c1-2-10-19-11-14-4-3-9-17(14)15(18)12-5-7-13(16)8-6-12/h2,5-8,14H,1,3-4,9-11H2. The van der Waals surface area contributed by atoms with E-state index in [-0.39, 0.29) is 11.9 Å². The van der Waals surface area contributed by atoms with Crippen LogP contribution in [0.25, 0.3) is 0 Å². The monoisotopic (exact) mass is 323 g/mol. The Kier molecular flexibility index (Phi) is 5.16. The Morgan fingerprint density at radius 2 is 2.21 bits per heavy atom. The van der Waals surface area contributed by atoms with E-state index in [9.17, 15) is 4.79 Å². The average Bonchev–Trinajstić information content (AvgIpc) is 2.87. The molecule has 2 rings (SSSR count). The number of rotatable bonds is 5. The molecule has 0 radical (unpaired) electrons. The van der Waals surface area contributed by atoms with Crippen molar-refractivity contribution in [3.8, 4) is 0 Å². The zero-order valence-corrected chi connectivity index (χ0v) is 12.4. The highest BCUT2D eigenvalue weighted by Crippen LogP contribution is 2.21. The van der Waals surface area contributed by atoms with Crippen molar-refractivity contribution in [3.05, 3.63) is 47.0 Å². The van der Waals surface area contributed by atoms with Crippen molar-refractivity contribution >= 4 is 21.8 Å². The summed E-state index contributed by atoms with van der Waals surface area (Å²) in [6.45, 7) is 5.57. The fraction of sp³-hybridized carbons (Fsp3) is 0.400. The first-order chi connectivity index (χ1) is 9.22. The smallest absolute Gasteiger partial charge is 0.254 e. The van der Waals surface area contributed by atoms with E-state index in [2.05, 4.69) is 22.5 Å². The molecule has 4 heteroatoms. The highest BCUT2D eigenvalue weighted by Gasteiger charge is 2.29. The Balaban J connectivity index is 2.00. The van der Waals surface area contributed by atoms with Gasteiger partial charge in [-0.15, -0.1) is 6.58 Å². The summed E-state index contributed by atoms with van der Waals surface area (Å²) in [6, 6.07) is 7.69. The van der Waals surface area contributed by atoms with Crippen LogP contribution in [0.15, 0.2) is 41.4 Å². The Morgan fingerprint density at radius 1 is 1.47 bits per heavy atom. The second-order valence-corrected chi connectivity index (χ2v) is 5.54. The van der Waals surface area contributed by atoms with E-state index in [0.717, 1.165) is 29.4 Å². The SMILES string of the molecule is C=CCOCC1CCCN1C(=O)c1ccc(Br)cc1. The largest absolute Gasteiger partial charge is 0.375 e. The van der Waals surface area contributed by atoms with Gasteiger partial charge < -0.3 is 9.64 Å². The van der Waals surface area contributed by atoms with Crippen LogP contribution in [-0.4, -0.2) is 36.6 Å². The molecule has 0 aliphatic carbocycles. The van der Waals surface area contributed by atoms with Crippen molar-refractivity contribution in [2.75, 3.05) is 19.8 Å². The number of amides is 1. The van der Waals surface area contributed by atoms with Crippen molar-refractivity contribution in [2.24, 2.45) is 0 Å². The van der Waals surface area contributed by atoms with Gasteiger partial charge in [0.05, 0.1) is 19.3 Å². The summed E-state index contributed by atoms with van der Waals surface area (Å²) in [5.74, 6) is 0.0946. The molecule has 1 aliphatic rings. The minimum Gasteiger partial charge on any atom is -0.375 e. The van der Waals surface area contributed by atoms with Crippen molar-refractivity contribution in [3.63, 3.8) is 0 Å². The van der Waals surface area contributed by atoms with Gasteiger partial charge in [-0.1, -0.05) is 22.0 Å². The summed E-state index contributed by atoms with van der Waals surface area (Å²) in [5.41, 5.74) is 0.735. The highest BCUT2D eigenvalue weighted by molar-refractivity contribution is 9.10. The zero-order chi connectivity index (χ0) is 13.7. The maximum atomic E-state index is 12.4. The first kappa shape index (κ1) is 14.3. The third-order valence-corrected chi connectivity index (χ3v) is 3.80. The van der Waals surface area contributed by atoms with Crippen molar-refractivity contribution < 1.29 is 9.53 Å². The van der Waals surface area contributed by atoms with Crippen LogP contribution in [-0.2, 0) is 4.74 Å². The van der Waals surface area contributed by atoms with E-state index in [1.165, 1.54) is 0 Å². The molecule has 1 aromatic rings. The Bertz CT molecular complexity index is 444. The highest BCUT2D eigenvalue weighted by atomic mass is 79.9. The molecule has 1 amide bonds. The average molecular weight is 324 g/mol. The summed E-state index contributed by atoms with van der Waals surface area (Å²) in [4.78, 5) is 14.4. The molecule has 1 aliphatic heterocycles. The van der Waals surface area contributed by atoms with Crippen LogP contribution in [0.3, 0.4) is 0 Å². The number of benzene rings is 1. The fourth-order valence-corrected chi connectivity index (χ4v) is 2.59. The van der Waals surface area contributed by atoms with Gasteiger partial charge in [0, 0.05) is 16.6 Å². The van der Waals surface area contributed by atoms with Crippen LogP contribution in [0.4, 0.5) is 0 Å². The van der Waals surface area contributed by atoms with E-state index in [0.29, 0.717) is 13.2 Å². The molecule has 0 saturated carbocycles. The number of hydrogen-bond acceptors (Lipinski definition) is 2. The van der Waals surface area contributed by atoms with Gasteiger partial charge in [0.2, 0.25) is 0 Å². The molecular weight excluding hydrogens is 306 g/mol. The maximum Gasteiger partial charge on any atom is 0.254 e. The Morgan fingerprint density at radius 3 is 2.89 bits per heavy atom. The molecule has 0 bridgehead atoms. The van der Waals surface area contributed by atoms with Crippen LogP contribution in [0.5, 0.6) is 0 Å². The van der Waals surface area contributed by atoms with Crippen LogP contribution in [0, 0.1) is 0 Å². The summed E-state index contributed by atoms with van der Waals surface area (Å²) in [7, 11) is 0. The lowest BCUT2D eigenvalue weighted by atomic mass is 10.2. The molecule has 0 N–H and O–H groups in total. The van der Waals surface area contributed by atoms with E-state index in [1.807, 2.05) is 29.2 Å². The number of nitrogens with zero attached hydrogens (tertiary/aromatic N) is 1. The van der Waals surface area contributed by atoms with Gasteiger partial charge in [-0.05, 0) is 37.1 Å². The predicted molar refractivity (Wildman–Crippen MR) is 79.2 cm³/mol. The van der Waals surface area contributed by atoms with Gasteiger partial charge in [-0.3, -0.25) is 4.79 Å². The van der Waals surface area contributed by atoms with Crippen LogP contribution < -0.4 is 0 Å². The lowest BCUT2D eigenvalue weighted by Gasteiger charge is -2.24. The van der Waals surface area contributed by atoms with Gasteiger partial charge in [0.15, 0.2) is 0 Å². The van der Waals surface area contributed by atoms with Crippen LogP contribution in [0.1, 0.15) is 23.2 Å². The topological polar surface area (TPSA) is 29.5 Å². The molecule has 3 nitrogen and oxygen atoms in total. The molecular formula is C15H18BrNO2. The number of halogens is 1. The third-order valence-electron chi connectivity index (χ3n) is 3.28. The molecule has 0 spiro atoms. The fourth-order valence-electron chi connectivity index (χ4n) is 2.32. The molecule has 1 saturated heterocycles. The zero-order valence-electron chi connectivity index (χ0n) is 10.8. The molecule has 1 unspecified atom stereocenters. The van der Waals surface area contributed by atoms with E-state index in [1.54, 1.807) is 6.08 Å². The van der Waals surface area contributed by atoms with E-state index < -0.39 is 0 Å². The maximum absolute atomic E-state index is 12.4. The van der Waals surface area contributed by atoms with E-state index >= 15 is 0 Å². The second-order valence-electron chi connectivity index (χ2n) is 4.63. The van der Waals surface area contributed by atoms with E-state index in [4.69, 9.17) is 4.74 Å². The van der Waals surface area contributed by atoms with Gasteiger partial charge >= 0.3 is 0 Å². The lowest BCUT2D eigenvalue weighted by molar-refractivity contribution is 0.0589. The minimum absolute atomic E-state index is 0.0946. The molecule has 1 aromatic carbocycles.